The molecule has 96 valence electrons. The quantitative estimate of drug-likeness (QED) is 0.702. The number of nitrogens with zero attached hydrogens (tertiary/aromatic N) is 1. The van der Waals surface area contributed by atoms with Crippen molar-refractivity contribution in [1.82, 2.24) is 4.57 Å². The zero-order chi connectivity index (χ0) is 13.4. The van der Waals surface area contributed by atoms with Crippen molar-refractivity contribution in [2.45, 2.75) is 6.54 Å². The molecule has 0 spiro atoms. The van der Waals surface area contributed by atoms with Gasteiger partial charge in [-0.2, -0.15) is 0 Å². The molecule has 0 radical (unpaired) electrons. The molecule has 0 aliphatic heterocycles. The summed E-state index contributed by atoms with van der Waals surface area (Å²) >= 11 is 5.98. The SMILES string of the molecule is Nc1cccc2c1ccn2Cc1cccc(F)c1Cl. The summed E-state index contributed by atoms with van der Waals surface area (Å²) in [5, 5.41) is 1.17. The maximum atomic E-state index is 13.4. The lowest BCUT2D eigenvalue weighted by atomic mass is 10.2. The van der Waals surface area contributed by atoms with Crippen molar-refractivity contribution in [1.29, 1.82) is 0 Å². The fourth-order valence-electron chi connectivity index (χ4n) is 2.24. The minimum Gasteiger partial charge on any atom is -0.398 e. The van der Waals surface area contributed by atoms with Gasteiger partial charge in [0.25, 0.3) is 0 Å². The van der Waals surface area contributed by atoms with Gasteiger partial charge >= 0.3 is 0 Å². The van der Waals surface area contributed by atoms with Crippen molar-refractivity contribution in [2.24, 2.45) is 0 Å². The number of rotatable bonds is 2. The zero-order valence-corrected chi connectivity index (χ0v) is 10.9. The van der Waals surface area contributed by atoms with E-state index in [1.54, 1.807) is 6.07 Å². The van der Waals surface area contributed by atoms with E-state index in [0.29, 0.717) is 6.54 Å². The summed E-state index contributed by atoms with van der Waals surface area (Å²) in [4.78, 5) is 0. The van der Waals surface area contributed by atoms with Gasteiger partial charge < -0.3 is 10.3 Å². The van der Waals surface area contributed by atoms with Crippen LogP contribution in [0.5, 0.6) is 0 Å². The minimum absolute atomic E-state index is 0.174. The molecular formula is C15H12ClFN2. The van der Waals surface area contributed by atoms with Crippen LogP contribution in [0.15, 0.2) is 48.7 Å². The van der Waals surface area contributed by atoms with Crippen molar-refractivity contribution in [3.63, 3.8) is 0 Å². The van der Waals surface area contributed by atoms with E-state index in [-0.39, 0.29) is 5.02 Å². The Labute approximate surface area is 115 Å². The third kappa shape index (κ3) is 2.06. The first kappa shape index (κ1) is 12.1. The van der Waals surface area contributed by atoms with E-state index in [2.05, 4.69) is 0 Å². The highest BCUT2D eigenvalue weighted by molar-refractivity contribution is 6.31. The van der Waals surface area contributed by atoms with Crippen LogP contribution in [0.3, 0.4) is 0 Å². The summed E-state index contributed by atoms with van der Waals surface area (Å²) in [6.45, 7) is 0.517. The Balaban J connectivity index is 2.07. The molecule has 0 atom stereocenters. The molecule has 0 saturated carbocycles. The van der Waals surface area contributed by atoms with Crippen LogP contribution in [0.2, 0.25) is 5.02 Å². The van der Waals surface area contributed by atoms with Crippen molar-refractivity contribution in [3.05, 3.63) is 65.1 Å². The van der Waals surface area contributed by atoms with Crippen LogP contribution in [0.25, 0.3) is 10.9 Å². The lowest BCUT2D eigenvalue weighted by Crippen LogP contribution is -1.99. The molecule has 1 aromatic heterocycles. The molecule has 4 heteroatoms. The van der Waals surface area contributed by atoms with Gasteiger partial charge in [-0.15, -0.1) is 0 Å². The Morgan fingerprint density at radius 2 is 1.89 bits per heavy atom. The van der Waals surface area contributed by atoms with E-state index >= 15 is 0 Å². The van der Waals surface area contributed by atoms with Gasteiger partial charge in [-0.05, 0) is 29.8 Å². The Kier molecular flexibility index (Phi) is 2.91. The largest absolute Gasteiger partial charge is 0.398 e. The Morgan fingerprint density at radius 3 is 2.74 bits per heavy atom. The van der Waals surface area contributed by atoms with E-state index in [1.165, 1.54) is 6.07 Å². The standard InChI is InChI=1S/C15H12ClFN2/c16-15-10(3-1-4-12(15)17)9-19-8-7-11-13(18)5-2-6-14(11)19/h1-8H,9,18H2. The average Bonchev–Trinajstić information content (AvgIpc) is 2.80. The molecule has 0 aliphatic rings. The number of fused-ring (bicyclic) bond motifs is 1. The van der Waals surface area contributed by atoms with E-state index < -0.39 is 5.82 Å². The van der Waals surface area contributed by atoms with Crippen LogP contribution in [0.4, 0.5) is 10.1 Å². The first-order chi connectivity index (χ1) is 9.16. The second-order valence-electron chi connectivity index (χ2n) is 4.44. The highest BCUT2D eigenvalue weighted by Gasteiger charge is 2.08. The highest BCUT2D eigenvalue weighted by Crippen LogP contribution is 2.25. The summed E-state index contributed by atoms with van der Waals surface area (Å²) < 4.78 is 15.4. The maximum Gasteiger partial charge on any atom is 0.142 e. The third-order valence-corrected chi connectivity index (χ3v) is 3.64. The number of aromatic nitrogens is 1. The van der Waals surface area contributed by atoms with E-state index in [4.69, 9.17) is 17.3 Å². The van der Waals surface area contributed by atoms with E-state index in [9.17, 15) is 4.39 Å². The monoisotopic (exact) mass is 274 g/mol. The van der Waals surface area contributed by atoms with Gasteiger partial charge in [0.15, 0.2) is 0 Å². The fourth-order valence-corrected chi connectivity index (χ4v) is 2.42. The predicted octanol–water partition coefficient (Wildman–Crippen LogP) is 4.06. The van der Waals surface area contributed by atoms with Crippen LogP contribution >= 0.6 is 11.6 Å². The summed E-state index contributed by atoms with van der Waals surface area (Å²) in [6, 6.07) is 12.6. The van der Waals surface area contributed by atoms with Gasteiger partial charge in [0.05, 0.1) is 10.5 Å². The molecule has 2 N–H and O–H groups in total. The topological polar surface area (TPSA) is 30.9 Å². The Morgan fingerprint density at radius 1 is 1.11 bits per heavy atom. The van der Waals surface area contributed by atoms with E-state index in [1.807, 2.05) is 41.1 Å². The maximum absolute atomic E-state index is 13.4. The summed E-state index contributed by atoms with van der Waals surface area (Å²) in [5.41, 5.74) is 8.42. The molecule has 3 aromatic rings. The molecule has 19 heavy (non-hydrogen) atoms. The lowest BCUT2D eigenvalue weighted by Gasteiger charge is -2.08. The number of anilines is 1. The molecule has 0 bridgehead atoms. The van der Waals surface area contributed by atoms with Gasteiger partial charge in [0.1, 0.15) is 5.82 Å². The normalized spacial score (nSPS) is 11.1. The average molecular weight is 275 g/mol. The minimum atomic E-state index is -0.393. The van der Waals surface area contributed by atoms with Gasteiger partial charge in [0, 0.05) is 23.8 Å². The molecular weight excluding hydrogens is 263 g/mol. The van der Waals surface area contributed by atoms with Crippen LogP contribution in [-0.4, -0.2) is 4.57 Å². The molecule has 3 rings (SSSR count). The third-order valence-electron chi connectivity index (χ3n) is 3.22. The number of hydrogen-bond acceptors (Lipinski definition) is 1. The second kappa shape index (κ2) is 4.59. The summed E-state index contributed by atoms with van der Waals surface area (Å²) in [6.07, 6.45) is 1.93. The molecule has 0 unspecified atom stereocenters. The molecule has 1 heterocycles. The van der Waals surface area contributed by atoms with Crippen LogP contribution in [-0.2, 0) is 6.54 Å². The number of nitrogens with two attached hydrogens (primary N) is 1. The Hall–Kier alpha value is -2.00. The van der Waals surface area contributed by atoms with Gasteiger partial charge in [0.2, 0.25) is 0 Å². The zero-order valence-electron chi connectivity index (χ0n) is 10.1. The number of nitrogen functional groups attached to an aromatic ring is 1. The van der Waals surface area contributed by atoms with Crippen molar-refractivity contribution in [3.8, 4) is 0 Å². The molecule has 2 nitrogen and oxygen atoms in total. The van der Waals surface area contributed by atoms with Crippen molar-refractivity contribution in [2.75, 3.05) is 5.73 Å². The molecule has 0 aliphatic carbocycles. The first-order valence-corrected chi connectivity index (χ1v) is 6.31. The summed E-state index contributed by atoms with van der Waals surface area (Å²) in [7, 11) is 0. The number of hydrogen-bond donors (Lipinski definition) is 1. The summed E-state index contributed by atoms with van der Waals surface area (Å²) in [5.74, 6) is -0.393. The number of halogens is 2. The smallest absolute Gasteiger partial charge is 0.142 e. The first-order valence-electron chi connectivity index (χ1n) is 5.93. The molecule has 0 amide bonds. The van der Waals surface area contributed by atoms with Crippen LogP contribution in [0, 0.1) is 5.82 Å². The highest BCUT2D eigenvalue weighted by atomic mass is 35.5. The lowest BCUT2D eigenvalue weighted by molar-refractivity contribution is 0.624. The van der Waals surface area contributed by atoms with Crippen LogP contribution in [0.1, 0.15) is 5.56 Å². The molecule has 0 saturated heterocycles. The van der Waals surface area contributed by atoms with E-state index in [0.717, 1.165) is 22.2 Å². The van der Waals surface area contributed by atoms with Gasteiger partial charge in [-0.1, -0.05) is 29.8 Å². The van der Waals surface area contributed by atoms with Crippen LogP contribution < -0.4 is 5.73 Å². The number of benzene rings is 2. The second-order valence-corrected chi connectivity index (χ2v) is 4.81. The predicted molar refractivity (Wildman–Crippen MR) is 76.9 cm³/mol. The van der Waals surface area contributed by atoms with Gasteiger partial charge in [-0.3, -0.25) is 0 Å². The van der Waals surface area contributed by atoms with Crippen molar-refractivity contribution >= 4 is 28.2 Å². The van der Waals surface area contributed by atoms with Crippen molar-refractivity contribution < 1.29 is 4.39 Å². The fraction of sp³-hybridized carbons (Fsp3) is 0.0667. The molecule has 0 fully saturated rings. The Bertz CT molecular complexity index is 749. The molecule has 2 aromatic carbocycles. The van der Waals surface area contributed by atoms with Gasteiger partial charge in [-0.25, -0.2) is 4.39 Å².